The van der Waals surface area contributed by atoms with E-state index in [1.807, 2.05) is 6.08 Å². The number of benzene rings is 2. The first-order chi connectivity index (χ1) is 9.28. The van der Waals surface area contributed by atoms with Gasteiger partial charge < -0.3 is 4.90 Å². The molecule has 1 aliphatic rings. The van der Waals surface area contributed by atoms with E-state index in [-0.39, 0.29) is 0 Å². The fraction of sp³-hybridized carbons (Fsp3) is 0.222. The van der Waals surface area contributed by atoms with Crippen LogP contribution in [0.2, 0.25) is 0 Å². The van der Waals surface area contributed by atoms with E-state index in [9.17, 15) is 0 Å². The van der Waals surface area contributed by atoms with Crippen molar-refractivity contribution in [2.24, 2.45) is 0 Å². The van der Waals surface area contributed by atoms with Crippen molar-refractivity contribution in [1.82, 2.24) is 0 Å². The molecule has 0 amide bonds. The molecule has 1 heterocycles. The van der Waals surface area contributed by atoms with E-state index in [0.717, 1.165) is 19.5 Å². The molecule has 19 heavy (non-hydrogen) atoms. The van der Waals surface area contributed by atoms with Crippen LogP contribution < -0.4 is 4.90 Å². The van der Waals surface area contributed by atoms with Crippen molar-refractivity contribution in [1.29, 1.82) is 0 Å². The molecule has 0 spiro atoms. The third-order valence-electron chi connectivity index (χ3n) is 3.88. The maximum Gasteiger partial charge on any atom is 0.0445 e. The first-order valence-corrected chi connectivity index (χ1v) is 6.83. The van der Waals surface area contributed by atoms with Gasteiger partial charge in [-0.1, -0.05) is 49.1 Å². The Morgan fingerprint density at radius 3 is 2.68 bits per heavy atom. The lowest BCUT2D eigenvalue weighted by Crippen LogP contribution is -2.30. The predicted octanol–water partition coefficient (Wildman–Crippen LogP) is 4.20. The zero-order chi connectivity index (χ0) is 13.2. The Hall–Kier alpha value is -2.02. The highest BCUT2D eigenvalue weighted by Crippen LogP contribution is 2.28. The highest BCUT2D eigenvalue weighted by Gasteiger charge is 2.17. The molecule has 1 aliphatic heterocycles. The number of nitrogens with zero attached hydrogens (tertiary/aromatic N) is 1. The Labute approximate surface area is 115 Å². The molecule has 1 nitrogen and oxygen atoms in total. The fourth-order valence-electron chi connectivity index (χ4n) is 2.80. The summed E-state index contributed by atoms with van der Waals surface area (Å²) in [5, 5.41) is 0. The summed E-state index contributed by atoms with van der Waals surface area (Å²) in [7, 11) is 0. The number of hydrogen-bond acceptors (Lipinski definition) is 1. The first kappa shape index (κ1) is 12.0. The molecule has 2 aromatic carbocycles. The zero-order valence-electron chi connectivity index (χ0n) is 11.4. The summed E-state index contributed by atoms with van der Waals surface area (Å²) in [6.07, 6.45) is 3.08. The van der Waals surface area contributed by atoms with Gasteiger partial charge in [-0.3, -0.25) is 0 Å². The van der Waals surface area contributed by atoms with E-state index in [1.54, 1.807) is 0 Å². The summed E-state index contributed by atoms with van der Waals surface area (Å²) in [5.41, 5.74) is 6.78. The highest BCUT2D eigenvalue weighted by atomic mass is 15.1. The smallest absolute Gasteiger partial charge is 0.0445 e. The molecule has 0 bridgehead atoms. The molecule has 0 aliphatic carbocycles. The number of aryl methyl sites for hydroxylation is 1. The Balaban J connectivity index is 1.97. The third kappa shape index (κ3) is 2.28. The Kier molecular flexibility index (Phi) is 3.12. The average molecular weight is 249 g/mol. The summed E-state index contributed by atoms with van der Waals surface area (Å²) in [6.45, 7) is 8.17. The second-order valence-corrected chi connectivity index (χ2v) is 5.21. The van der Waals surface area contributed by atoms with E-state index < -0.39 is 0 Å². The van der Waals surface area contributed by atoms with Crippen LogP contribution >= 0.6 is 0 Å². The second kappa shape index (κ2) is 4.93. The molecule has 1 heteroatoms. The average Bonchev–Trinajstić information content (AvgIpc) is 2.46. The molecule has 0 saturated heterocycles. The van der Waals surface area contributed by atoms with Crippen molar-refractivity contribution >= 4 is 11.8 Å². The molecule has 0 unspecified atom stereocenters. The third-order valence-corrected chi connectivity index (χ3v) is 3.88. The van der Waals surface area contributed by atoms with Gasteiger partial charge in [-0.15, -0.1) is 0 Å². The summed E-state index contributed by atoms with van der Waals surface area (Å²) >= 11 is 0. The van der Waals surface area contributed by atoms with Gasteiger partial charge in [0.25, 0.3) is 0 Å². The van der Waals surface area contributed by atoms with Crippen LogP contribution in [0.1, 0.15) is 22.3 Å². The highest BCUT2D eigenvalue weighted by molar-refractivity contribution is 5.68. The van der Waals surface area contributed by atoms with Crippen LogP contribution in [-0.2, 0) is 13.0 Å². The maximum absolute atomic E-state index is 3.93. The summed E-state index contributed by atoms with van der Waals surface area (Å²) in [4.78, 5) is 2.46. The van der Waals surface area contributed by atoms with Crippen LogP contribution in [0.25, 0.3) is 6.08 Å². The molecule has 3 rings (SSSR count). The van der Waals surface area contributed by atoms with E-state index in [2.05, 4.69) is 60.9 Å². The van der Waals surface area contributed by atoms with Crippen molar-refractivity contribution < 1.29 is 0 Å². The van der Waals surface area contributed by atoms with Gasteiger partial charge in [0.05, 0.1) is 0 Å². The molecule has 0 radical (unpaired) electrons. The number of fused-ring (bicyclic) bond motifs is 1. The molecular weight excluding hydrogens is 230 g/mol. The largest absolute Gasteiger partial charge is 0.366 e. The molecule has 0 saturated carbocycles. The lowest BCUT2D eigenvalue weighted by atomic mass is 9.98. The van der Waals surface area contributed by atoms with Crippen LogP contribution in [0.5, 0.6) is 0 Å². The van der Waals surface area contributed by atoms with Gasteiger partial charge in [0.15, 0.2) is 0 Å². The molecule has 96 valence electrons. The van der Waals surface area contributed by atoms with E-state index in [4.69, 9.17) is 0 Å². The Morgan fingerprint density at radius 1 is 1.11 bits per heavy atom. The Morgan fingerprint density at radius 2 is 1.89 bits per heavy atom. The Bertz CT molecular complexity index is 613. The van der Waals surface area contributed by atoms with Crippen LogP contribution in [-0.4, -0.2) is 6.54 Å². The number of hydrogen-bond donors (Lipinski definition) is 0. The molecule has 0 atom stereocenters. The van der Waals surface area contributed by atoms with Gasteiger partial charge in [0.1, 0.15) is 0 Å². The minimum Gasteiger partial charge on any atom is -0.366 e. The molecule has 0 N–H and O–H groups in total. The molecule has 0 fully saturated rings. The van der Waals surface area contributed by atoms with Gasteiger partial charge >= 0.3 is 0 Å². The van der Waals surface area contributed by atoms with Crippen molar-refractivity contribution in [2.45, 2.75) is 19.9 Å². The predicted molar refractivity (Wildman–Crippen MR) is 82.5 cm³/mol. The van der Waals surface area contributed by atoms with Crippen molar-refractivity contribution in [3.63, 3.8) is 0 Å². The van der Waals surface area contributed by atoms with Gasteiger partial charge in [0, 0.05) is 18.8 Å². The fourth-order valence-corrected chi connectivity index (χ4v) is 2.80. The number of anilines is 1. The SMILES string of the molecule is C=Cc1ccc(C)cc1N1CCc2ccccc2C1. The lowest BCUT2D eigenvalue weighted by molar-refractivity contribution is 0.731. The zero-order valence-corrected chi connectivity index (χ0v) is 11.4. The van der Waals surface area contributed by atoms with Crippen LogP contribution in [0.4, 0.5) is 5.69 Å². The molecule has 0 aromatic heterocycles. The van der Waals surface area contributed by atoms with Crippen LogP contribution in [0, 0.1) is 6.92 Å². The van der Waals surface area contributed by atoms with Crippen LogP contribution in [0.15, 0.2) is 49.0 Å². The monoisotopic (exact) mass is 249 g/mol. The van der Waals surface area contributed by atoms with Crippen molar-refractivity contribution in [2.75, 3.05) is 11.4 Å². The first-order valence-electron chi connectivity index (χ1n) is 6.83. The van der Waals surface area contributed by atoms with Gasteiger partial charge in [-0.25, -0.2) is 0 Å². The molecular formula is C18H19N. The quantitative estimate of drug-likeness (QED) is 0.771. The topological polar surface area (TPSA) is 3.24 Å². The van der Waals surface area contributed by atoms with Gasteiger partial charge in [-0.05, 0) is 41.7 Å². The minimum absolute atomic E-state index is 1.00. The van der Waals surface area contributed by atoms with Crippen molar-refractivity contribution in [3.8, 4) is 0 Å². The minimum atomic E-state index is 1.00. The summed E-state index contributed by atoms with van der Waals surface area (Å²) in [6, 6.07) is 15.3. The van der Waals surface area contributed by atoms with Crippen molar-refractivity contribution in [3.05, 3.63) is 71.3 Å². The van der Waals surface area contributed by atoms with E-state index in [1.165, 1.54) is 27.9 Å². The number of rotatable bonds is 2. The van der Waals surface area contributed by atoms with E-state index >= 15 is 0 Å². The standard InChI is InChI=1S/C18H19N/c1-3-15-9-8-14(2)12-18(15)19-11-10-16-6-4-5-7-17(16)13-19/h3-9,12H,1,10-11,13H2,2H3. The summed E-state index contributed by atoms with van der Waals surface area (Å²) in [5.74, 6) is 0. The van der Waals surface area contributed by atoms with E-state index in [0.29, 0.717) is 0 Å². The second-order valence-electron chi connectivity index (χ2n) is 5.21. The van der Waals surface area contributed by atoms with Gasteiger partial charge in [-0.2, -0.15) is 0 Å². The normalized spacial score (nSPS) is 14.1. The lowest BCUT2D eigenvalue weighted by Gasteiger charge is -2.32. The summed E-state index contributed by atoms with van der Waals surface area (Å²) < 4.78 is 0. The maximum atomic E-state index is 3.93. The van der Waals surface area contributed by atoms with Crippen LogP contribution in [0.3, 0.4) is 0 Å². The van der Waals surface area contributed by atoms with Gasteiger partial charge in [0.2, 0.25) is 0 Å². The molecule has 2 aromatic rings.